The molecule has 0 aromatic heterocycles. The summed E-state index contributed by atoms with van der Waals surface area (Å²) >= 11 is 1.72. The molecule has 0 saturated carbocycles. The van der Waals surface area contributed by atoms with Crippen molar-refractivity contribution in [1.29, 1.82) is 0 Å². The fourth-order valence-corrected chi connectivity index (χ4v) is 2.67. The standard InChI is InChI=1S/C14H26N2O2S/c1-7-14(8-2)12(18)16(9-13(4,5)19-6)10(3)11(17)15-14/h10H,7-9H2,1-6H3,(H,15,17). The van der Waals surface area contributed by atoms with Gasteiger partial charge in [-0.2, -0.15) is 11.8 Å². The molecule has 5 heteroatoms. The molecule has 2 amide bonds. The molecule has 1 fully saturated rings. The Morgan fingerprint density at radius 3 is 2.26 bits per heavy atom. The zero-order valence-corrected chi connectivity index (χ0v) is 13.7. The van der Waals surface area contributed by atoms with E-state index in [9.17, 15) is 9.59 Å². The van der Waals surface area contributed by atoms with Crippen molar-refractivity contribution < 1.29 is 9.59 Å². The molecule has 0 bridgehead atoms. The van der Waals surface area contributed by atoms with Crippen LogP contribution in [0.1, 0.15) is 47.5 Å². The van der Waals surface area contributed by atoms with Crippen LogP contribution in [-0.4, -0.2) is 45.8 Å². The van der Waals surface area contributed by atoms with Crippen LogP contribution >= 0.6 is 11.8 Å². The van der Waals surface area contributed by atoms with Crippen molar-refractivity contribution in [2.75, 3.05) is 12.8 Å². The molecule has 0 aromatic rings. The first-order valence-corrected chi connectivity index (χ1v) is 8.13. The van der Waals surface area contributed by atoms with Crippen LogP contribution in [0, 0.1) is 0 Å². The molecule has 1 rings (SSSR count). The molecule has 0 radical (unpaired) electrons. The summed E-state index contributed by atoms with van der Waals surface area (Å²) in [6.07, 6.45) is 3.31. The number of nitrogens with one attached hydrogen (secondary N) is 1. The Bertz CT molecular complexity index is 364. The Balaban J connectivity index is 3.06. The number of hydrogen-bond donors (Lipinski definition) is 1. The van der Waals surface area contributed by atoms with Crippen LogP contribution in [0.2, 0.25) is 0 Å². The maximum atomic E-state index is 12.8. The van der Waals surface area contributed by atoms with Crippen molar-refractivity contribution in [3.63, 3.8) is 0 Å². The highest BCUT2D eigenvalue weighted by Crippen LogP contribution is 2.29. The van der Waals surface area contributed by atoms with E-state index in [1.165, 1.54) is 0 Å². The number of nitrogens with zero attached hydrogens (tertiary/aromatic N) is 1. The molecule has 19 heavy (non-hydrogen) atoms. The van der Waals surface area contributed by atoms with E-state index in [2.05, 4.69) is 19.2 Å². The van der Waals surface area contributed by atoms with E-state index in [0.29, 0.717) is 19.4 Å². The SMILES string of the molecule is CCC1(CC)NC(=O)C(C)N(CC(C)(C)SC)C1=O. The lowest BCUT2D eigenvalue weighted by molar-refractivity contribution is -0.155. The lowest BCUT2D eigenvalue weighted by Gasteiger charge is -2.46. The van der Waals surface area contributed by atoms with Gasteiger partial charge in [0, 0.05) is 11.3 Å². The first-order valence-electron chi connectivity index (χ1n) is 6.91. The summed E-state index contributed by atoms with van der Waals surface area (Å²) < 4.78 is -0.0469. The number of carbonyl (C=O) groups excluding carboxylic acids is 2. The molecule has 110 valence electrons. The summed E-state index contributed by atoms with van der Waals surface area (Å²) in [5.41, 5.74) is -0.710. The van der Waals surface area contributed by atoms with Crippen molar-refractivity contribution in [3.05, 3.63) is 0 Å². The Labute approximate surface area is 120 Å². The van der Waals surface area contributed by atoms with Crippen LogP contribution in [0.5, 0.6) is 0 Å². The fourth-order valence-electron chi connectivity index (χ4n) is 2.40. The summed E-state index contributed by atoms with van der Waals surface area (Å²) in [6, 6.07) is -0.384. The van der Waals surface area contributed by atoms with Gasteiger partial charge in [-0.15, -0.1) is 0 Å². The number of hydrogen-bond acceptors (Lipinski definition) is 3. The largest absolute Gasteiger partial charge is 0.340 e. The zero-order chi connectivity index (χ0) is 14.8. The summed E-state index contributed by atoms with van der Waals surface area (Å²) in [7, 11) is 0. The molecule has 1 unspecified atom stereocenters. The van der Waals surface area contributed by atoms with Crippen LogP contribution < -0.4 is 5.32 Å². The smallest absolute Gasteiger partial charge is 0.249 e. The summed E-state index contributed by atoms with van der Waals surface area (Å²) in [4.78, 5) is 26.7. The molecule has 1 atom stereocenters. The van der Waals surface area contributed by atoms with Gasteiger partial charge in [0.2, 0.25) is 11.8 Å². The second-order valence-corrected chi connectivity index (χ2v) is 7.36. The Morgan fingerprint density at radius 1 is 1.32 bits per heavy atom. The van der Waals surface area contributed by atoms with Gasteiger partial charge in [0.05, 0.1) is 0 Å². The van der Waals surface area contributed by atoms with Crippen molar-refractivity contribution >= 4 is 23.6 Å². The van der Waals surface area contributed by atoms with Crippen LogP contribution in [0.4, 0.5) is 0 Å². The molecule has 0 aliphatic carbocycles. The van der Waals surface area contributed by atoms with E-state index in [0.717, 1.165) is 0 Å². The molecule has 1 aliphatic rings. The molecular formula is C14H26N2O2S. The lowest BCUT2D eigenvalue weighted by atomic mass is 9.87. The third kappa shape index (κ3) is 3.07. The number of thioether (sulfide) groups is 1. The van der Waals surface area contributed by atoms with Gasteiger partial charge in [-0.3, -0.25) is 9.59 Å². The normalized spacial score (nSPS) is 23.5. The highest BCUT2D eigenvalue weighted by Gasteiger charge is 2.48. The first-order chi connectivity index (χ1) is 8.73. The predicted molar refractivity (Wildman–Crippen MR) is 80.2 cm³/mol. The minimum atomic E-state index is -0.710. The maximum Gasteiger partial charge on any atom is 0.249 e. The molecular weight excluding hydrogens is 260 g/mol. The van der Waals surface area contributed by atoms with Gasteiger partial charge < -0.3 is 10.2 Å². The van der Waals surface area contributed by atoms with Gasteiger partial charge in [0.15, 0.2) is 0 Å². The third-order valence-electron chi connectivity index (χ3n) is 4.19. The Kier molecular flexibility index (Phi) is 4.93. The second kappa shape index (κ2) is 5.73. The highest BCUT2D eigenvalue weighted by atomic mass is 32.2. The van der Waals surface area contributed by atoms with E-state index in [1.807, 2.05) is 20.1 Å². The monoisotopic (exact) mass is 286 g/mol. The molecule has 1 aliphatic heterocycles. The number of rotatable bonds is 5. The third-order valence-corrected chi connectivity index (χ3v) is 5.42. The van der Waals surface area contributed by atoms with Crippen molar-refractivity contribution in [3.8, 4) is 0 Å². The van der Waals surface area contributed by atoms with Crippen molar-refractivity contribution in [2.45, 2.75) is 63.8 Å². The molecule has 4 nitrogen and oxygen atoms in total. The van der Waals surface area contributed by atoms with Gasteiger partial charge >= 0.3 is 0 Å². The van der Waals surface area contributed by atoms with Crippen molar-refractivity contribution in [2.24, 2.45) is 0 Å². The minimum Gasteiger partial charge on any atom is -0.340 e. The second-order valence-electron chi connectivity index (χ2n) is 5.85. The molecule has 0 aromatic carbocycles. The Hall–Kier alpha value is -0.710. The average Bonchev–Trinajstić information content (AvgIpc) is 2.39. The predicted octanol–water partition coefficient (Wildman–Crippen LogP) is 2.03. The van der Waals surface area contributed by atoms with Gasteiger partial charge in [0.1, 0.15) is 11.6 Å². The fraction of sp³-hybridized carbons (Fsp3) is 0.857. The summed E-state index contributed by atoms with van der Waals surface area (Å²) in [5, 5.41) is 2.93. The van der Waals surface area contributed by atoms with Crippen LogP contribution in [-0.2, 0) is 9.59 Å². The van der Waals surface area contributed by atoms with E-state index < -0.39 is 5.54 Å². The molecule has 1 heterocycles. The van der Waals surface area contributed by atoms with Gasteiger partial charge in [-0.05, 0) is 39.9 Å². The number of amides is 2. The minimum absolute atomic E-state index is 0.0415. The Morgan fingerprint density at radius 2 is 1.84 bits per heavy atom. The van der Waals surface area contributed by atoms with Gasteiger partial charge in [0.25, 0.3) is 0 Å². The first kappa shape index (κ1) is 16.3. The summed E-state index contributed by atoms with van der Waals surface area (Å²) in [5.74, 6) is 0.0203. The van der Waals surface area contributed by atoms with E-state index in [4.69, 9.17) is 0 Å². The van der Waals surface area contributed by atoms with Gasteiger partial charge in [-0.25, -0.2) is 0 Å². The maximum absolute atomic E-state index is 12.8. The van der Waals surface area contributed by atoms with Gasteiger partial charge in [-0.1, -0.05) is 13.8 Å². The van der Waals surface area contributed by atoms with Crippen LogP contribution in [0.25, 0.3) is 0 Å². The molecule has 1 saturated heterocycles. The number of piperazine rings is 1. The van der Waals surface area contributed by atoms with E-state index in [1.54, 1.807) is 23.6 Å². The molecule has 0 spiro atoms. The average molecular weight is 286 g/mol. The zero-order valence-electron chi connectivity index (χ0n) is 12.9. The summed E-state index contributed by atoms with van der Waals surface area (Å²) in [6.45, 7) is 10.5. The molecule has 1 N–H and O–H groups in total. The highest BCUT2D eigenvalue weighted by molar-refractivity contribution is 7.99. The topological polar surface area (TPSA) is 49.4 Å². The lowest BCUT2D eigenvalue weighted by Crippen LogP contribution is -2.70. The van der Waals surface area contributed by atoms with E-state index >= 15 is 0 Å². The number of carbonyl (C=O) groups is 2. The van der Waals surface area contributed by atoms with E-state index in [-0.39, 0.29) is 22.6 Å². The quantitative estimate of drug-likeness (QED) is 0.841. The van der Waals surface area contributed by atoms with Crippen LogP contribution in [0.3, 0.4) is 0 Å². The van der Waals surface area contributed by atoms with Crippen LogP contribution in [0.15, 0.2) is 0 Å². The van der Waals surface area contributed by atoms with Crippen molar-refractivity contribution in [1.82, 2.24) is 10.2 Å².